The van der Waals surface area contributed by atoms with Crippen molar-refractivity contribution in [2.45, 2.75) is 18.1 Å². The molecule has 1 aliphatic heterocycles. The van der Waals surface area contributed by atoms with Gasteiger partial charge in [-0.1, -0.05) is 47.6 Å². The summed E-state index contributed by atoms with van der Waals surface area (Å²) in [7, 11) is 0. The minimum Gasteiger partial charge on any atom is -0.311 e. The van der Waals surface area contributed by atoms with Gasteiger partial charge >= 0.3 is 0 Å². The number of carbonyl (C=O) groups excluding carboxylic acids is 1. The van der Waals surface area contributed by atoms with Crippen LogP contribution in [-0.4, -0.2) is 27.8 Å². The second kappa shape index (κ2) is 7.81. The standard InChI is InChI=1S/C21H18ClN3O2S/c1-2-10-25-20(27)16-12-15(22)7-8-17(16)23-21(25)28-13-19(26)24-11-9-14-5-3-4-6-18(14)24/h2-8,12H,1,9-11,13H2. The molecule has 2 aromatic carbocycles. The number of amides is 1. The Labute approximate surface area is 171 Å². The number of aromatic nitrogens is 2. The van der Waals surface area contributed by atoms with Gasteiger partial charge in [0.05, 0.1) is 16.7 Å². The van der Waals surface area contributed by atoms with E-state index in [1.54, 1.807) is 29.2 Å². The van der Waals surface area contributed by atoms with Crippen LogP contribution < -0.4 is 10.5 Å². The summed E-state index contributed by atoms with van der Waals surface area (Å²) in [6, 6.07) is 13.0. The fourth-order valence-electron chi connectivity index (χ4n) is 3.37. The van der Waals surface area contributed by atoms with Crippen LogP contribution in [0.4, 0.5) is 5.69 Å². The highest BCUT2D eigenvalue weighted by molar-refractivity contribution is 7.99. The van der Waals surface area contributed by atoms with Gasteiger partial charge in [0.2, 0.25) is 5.91 Å². The third-order valence-electron chi connectivity index (χ3n) is 4.71. The number of anilines is 1. The van der Waals surface area contributed by atoms with Gasteiger partial charge in [-0.3, -0.25) is 14.2 Å². The summed E-state index contributed by atoms with van der Waals surface area (Å²) in [6.45, 7) is 4.72. The second-order valence-electron chi connectivity index (χ2n) is 6.47. The zero-order valence-electron chi connectivity index (χ0n) is 15.1. The Morgan fingerprint density at radius 1 is 1.29 bits per heavy atom. The lowest BCUT2D eigenvalue weighted by Gasteiger charge is -2.17. The normalized spacial score (nSPS) is 13.0. The maximum absolute atomic E-state index is 12.9. The Bertz CT molecular complexity index is 1140. The largest absolute Gasteiger partial charge is 0.311 e. The van der Waals surface area contributed by atoms with Gasteiger partial charge in [-0.25, -0.2) is 4.98 Å². The van der Waals surface area contributed by atoms with Crippen molar-refractivity contribution in [3.63, 3.8) is 0 Å². The lowest BCUT2D eigenvalue weighted by Crippen LogP contribution is -2.31. The molecule has 1 aliphatic rings. The monoisotopic (exact) mass is 411 g/mol. The SMILES string of the molecule is C=CCn1c(SCC(=O)N2CCc3ccccc32)nc2ccc(Cl)cc2c1=O. The van der Waals surface area contributed by atoms with Crippen LogP contribution >= 0.6 is 23.4 Å². The molecule has 4 rings (SSSR count). The highest BCUT2D eigenvalue weighted by Gasteiger charge is 2.24. The molecule has 0 bridgehead atoms. The van der Waals surface area contributed by atoms with E-state index in [4.69, 9.17) is 11.6 Å². The molecule has 0 spiro atoms. The zero-order chi connectivity index (χ0) is 19.7. The number of nitrogens with zero attached hydrogens (tertiary/aromatic N) is 3. The molecule has 0 aliphatic carbocycles. The van der Waals surface area contributed by atoms with Crippen LogP contribution in [0.1, 0.15) is 5.56 Å². The molecule has 1 aromatic heterocycles. The molecule has 0 atom stereocenters. The average Bonchev–Trinajstić information content (AvgIpc) is 3.13. The molecule has 7 heteroatoms. The summed E-state index contributed by atoms with van der Waals surface area (Å²) >= 11 is 7.29. The van der Waals surface area contributed by atoms with Crippen molar-refractivity contribution in [2.75, 3.05) is 17.2 Å². The topological polar surface area (TPSA) is 55.2 Å². The summed E-state index contributed by atoms with van der Waals surface area (Å²) in [4.78, 5) is 32.1. The molecule has 0 radical (unpaired) electrons. The number of carbonyl (C=O) groups is 1. The molecular formula is C21H18ClN3O2S. The fraction of sp³-hybridized carbons (Fsp3) is 0.190. The van der Waals surface area contributed by atoms with Crippen molar-refractivity contribution in [1.82, 2.24) is 9.55 Å². The Hall–Kier alpha value is -2.57. The van der Waals surface area contributed by atoms with Crippen LogP contribution in [0.25, 0.3) is 10.9 Å². The molecule has 0 N–H and O–H groups in total. The minimum absolute atomic E-state index is 0.00514. The van der Waals surface area contributed by atoms with E-state index >= 15 is 0 Å². The van der Waals surface area contributed by atoms with Gasteiger partial charge in [-0.15, -0.1) is 6.58 Å². The third kappa shape index (κ3) is 3.45. The number of para-hydroxylation sites is 1. The van der Waals surface area contributed by atoms with Crippen molar-refractivity contribution in [3.8, 4) is 0 Å². The smallest absolute Gasteiger partial charge is 0.262 e. The summed E-state index contributed by atoms with van der Waals surface area (Å²) in [6.07, 6.45) is 2.50. The number of hydrogen-bond donors (Lipinski definition) is 0. The first-order chi connectivity index (χ1) is 13.6. The molecular weight excluding hydrogens is 394 g/mol. The average molecular weight is 412 g/mol. The Balaban J connectivity index is 1.62. The first-order valence-electron chi connectivity index (χ1n) is 8.90. The van der Waals surface area contributed by atoms with Gasteiger partial charge in [0, 0.05) is 23.8 Å². The van der Waals surface area contributed by atoms with Gasteiger partial charge in [-0.2, -0.15) is 0 Å². The number of hydrogen-bond acceptors (Lipinski definition) is 4. The predicted octanol–water partition coefficient (Wildman–Crippen LogP) is 3.92. The third-order valence-corrected chi connectivity index (χ3v) is 5.90. The maximum atomic E-state index is 12.9. The van der Waals surface area contributed by atoms with Crippen LogP contribution in [0.2, 0.25) is 5.02 Å². The molecule has 0 saturated heterocycles. The van der Waals surface area contributed by atoms with Crippen molar-refractivity contribution >= 4 is 45.9 Å². The van der Waals surface area contributed by atoms with Crippen molar-refractivity contribution in [3.05, 3.63) is 76.1 Å². The van der Waals surface area contributed by atoms with Crippen LogP contribution in [0.3, 0.4) is 0 Å². The van der Waals surface area contributed by atoms with Crippen LogP contribution in [-0.2, 0) is 17.8 Å². The van der Waals surface area contributed by atoms with E-state index in [1.807, 2.05) is 24.3 Å². The van der Waals surface area contributed by atoms with E-state index in [0.717, 1.165) is 12.1 Å². The van der Waals surface area contributed by atoms with E-state index < -0.39 is 0 Å². The summed E-state index contributed by atoms with van der Waals surface area (Å²) in [5.41, 5.74) is 2.54. The van der Waals surface area contributed by atoms with Gasteiger partial charge in [0.25, 0.3) is 5.56 Å². The molecule has 0 fully saturated rings. The Morgan fingerprint density at radius 3 is 2.93 bits per heavy atom. The van der Waals surface area contributed by atoms with Gasteiger partial charge in [-0.05, 0) is 36.2 Å². The molecule has 5 nitrogen and oxygen atoms in total. The summed E-state index contributed by atoms with van der Waals surface area (Å²) in [5.74, 6) is 0.211. The number of benzene rings is 2. The minimum atomic E-state index is -0.186. The molecule has 28 heavy (non-hydrogen) atoms. The second-order valence-corrected chi connectivity index (χ2v) is 7.85. The maximum Gasteiger partial charge on any atom is 0.262 e. The Kier molecular flexibility index (Phi) is 5.24. The molecule has 0 saturated carbocycles. The van der Waals surface area contributed by atoms with E-state index in [1.165, 1.54) is 21.9 Å². The number of rotatable bonds is 5. The molecule has 0 unspecified atom stereocenters. The number of halogens is 1. The van der Waals surface area contributed by atoms with E-state index in [2.05, 4.69) is 11.6 Å². The molecule has 3 aromatic rings. The van der Waals surface area contributed by atoms with Gasteiger partial charge in [0.1, 0.15) is 0 Å². The van der Waals surface area contributed by atoms with Crippen molar-refractivity contribution in [2.24, 2.45) is 0 Å². The first-order valence-corrected chi connectivity index (χ1v) is 10.3. The fourth-order valence-corrected chi connectivity index (χ4v) is 4.43. The lowest BCUT2D eigenvalue weighted by atomic mass is 10.2. The quantitative estimate of drug-likeness (QED) is 0.363. The van der Waals surface area contributed by atoms with Crippen LogP contribution in [0, 0.1) is 0 Å². The van der Waals surface area contributed by atoms with Crippen LogP contribution in [0.15, 0.2) is 65.1 Å². The van der Waals surface area contributed by atoms with E-state index in [9.17, 15) is 9.59 Å². The number of allylic oxidation sites excluding steroid dienone is 1. The van der Waals surface area contributed by atoms with E-state index in [0.29, 0.717) is 34.2 Å². The lowest BCUT2D eigenvalue weighted by molar-refractivity contribution is -0.116. The predicted molar refractivity (Wildman–Crippen MR) is 114 cm³/mol. The van der Waals surface area contributed by atoms with Crippen molar-refractivity contribution < 1.29 is 4.79 Å². The number of fused-ring (bicyclic) bond motifs is 2. The zero-order valence-corrected chi connectivity index (χ0v) is 16.7. The first kappa shape index (κ1) is 18.8. The van der Waals surface area contributed by atoms with E-state index in [-0.39, 0.29) is 17.2 Å². The molecule has 142 valence electrons. The van der Waals surface area contributed by atoms with Gasteiger partial charge in [0.15, 0.2) is 5.16 Å². The van der Waals surface area contributed by atoms with Crippen molar-refractivity contribution in [1.29, 1.82) is 0 Å². The molecule has 1 amide bonds. The summed E-state index contributed by atoms with van der Waals surface area (Å²) in [5, 5.41) is 1.44. The Morgan fingerprint density at radius 2 is 2.11 bits per heavy atom. The van der Waals surface area contributed by atoms with Gasteiger partial charge < -0.3 is 4.90 Å². The highest BCUT2D eigenvalue weighted by Crippen LogP contribution is 2.29. The highest BCUT2D eigenvalue weighted by atomic mass is 35.5. The molecule has 2 heterocycles. The van der Waals surface area contributed by atoms with Crippen LogP contribution in [0.5, 0.6) is 0 Å². The summed E-state index contributed by atoms with van der Waals surface area (Å²) < 4.78 is 1.53. The number of thioether (sulfide) groups is 1.